The first kappa shape index (κ1) is 18.2. The molecule has 1 aromatic carbocycles. The predicted octanol–water partition coefficient (Wildman–Crippen LogP) is 2.25. The summed E-state index contributed by atoms with van der Waals surface area (Å²) in [5, 5.41) is 0. The molecule has 0 aliphatic carbocycles. The Morgan fingerprint density at radius 3 is 2.42 bits per heavy atom. The first-order chi connectivity index (χ1) is 11.3. The highest BCUT2D eigenvalue weighted by Crippen LogP contribution is 2.19. The van der Waals surface area contributed by atoms with Crippen LogP contribution in [0.3, 0.4) is 0 Å². The molecule has 1 unspecified atom stereocenters. The van der Waals surface area contributed by atoms with E-state index in [4.69, 9.17) is 0 Å². The van der Waals surface area contributed by atoms with Gasteiger partial charge >= 0.3 is 0 Å². The van der Waals surface area contributed by atoms with Gasteiger partial charge in [0.2, 0.25) is 5.91 Å². The van der Waals surface area contributed by atoms with Gasteiger partial charge in [-0.3, -0.25) is 14.5 Å². The fourth-order valence-electron chi connectivity index (χ4n) is 3.08. The Bertz CT molecular complexity index is 610. The molecule has 0 spiro atoms. The van der Waals surface area contributed by atoms with E-state index in [1.807, 2.05) is 4.90 Å². The zero-order valence-electron chi connectivity index (χ0n) is 15.0. The summed E-state index contributed by atoms with van der Waals surface area (Å²) in [6.07, 6.45) is 1.27. The maximum atomic E-state index is 12.8. The molecule has 5 heteroatoms. The average molecular weight is 329 g/mol. The van der Waals surface area contributed by atoms with Gasteiger partial charge in [0.1, 0.15) is 0 Å². The standard InChI is InChI=1S/C19H27N3O2/c1-6-18(23)21(5)16-9-7-15(8-10-16)19(24)22-12-11-20(4)17(13-22)14(2)3/h6-10,14,17H,1,11-13H2,2-5H3. The van der Waals surface area contributed by atoms with Crippen LogP contribution in [0.5, 0.6) is 0 Å². The largest absolute Gasteiger partial charge is 0.336 e. The van der Waals surface area contributed by atoms with E-state index < -0.39 is 0 Å². The highest BCUT2D eigenvalue weighted by molar-refractivity contribution is 6.01. The quantitative estimate of drug-likeness (QED) is 0.796. The molecule has 1 fully saturated rings. The topological polar surface area (TPSA) is 43.9 Å². The van der Waals surface area contributed by atoms with Crippen LogP contribution in [0.25, 0.3) is 0 Å². The lowest BCUT2D eigenvalue weighted by Gasteiger charge is -2.41. The molecule has 24 heavy (non-hydrogen) atoms. The summed E-state index contributed by atoms with van der Waals surface area (Å²) >= 11 is 0. The van der Waals surface area contributed by atoms with Crippen molar-refractivity contribution in [2.75, 3.05) is 38.6 Å². The normalized spacial score (nSPS) is 18.5. The smallest absolute Gasteiger partial charge is 0.253 e. The summed E-state index contributed by atoms with van der Waals surface area (Å²) in [5.41, 5.74) is 1.40. The number of benzene rings is 1. The van der Waals surface area contributed by atoms with E-state index in [2.05, 4.69) is 32.4 Å². The van der Waals surface area contributed by atoms with E-state index in [0.29, 0.717) is 17.5 Å². The number of nitrogens with zero attached hydrogens (tertiary/aromatic N) is 3. The SMILES string of the molecule is C=CC(=O)N(C)c1ccc(C(=O)N2CCN(C)C(C(C)C)C2)cc1. The molecule has 2 rings (SSSR count). The van der Waals surface area contributed by atoms with Gasteiger partial charge in [0.05, 0.1) is 0 Å². The van der Waals surface area contributed by atoms with Crippen LogP contribution in [0, 0.1) is 5.92 Å². The molecule has 0 N–H and O–H groups in total. The molecule has 1 heterocycles. The average Bonchev–Trinajstić information content (AvgIpc) is 2.60. The van der Waals surface area contributed by atoms with E-state index in [1.54, 1.807) is 31.3 Å². The van der Waals surface area contributed by atoms with Gasteiger partial charge in [0.15, 0.2) is 0 Å². The minimum atomic E-state index is -0.173. The highest BCUT2D eigenvalue weighted by atomic mass is 16.2. The van der Waals surface area contributed by atoms with Crippen LogP contribution >= 0.6 is 0 Å². The van der Waals surface area contributed by atoms with Crippen molar-refractivity contribution < 1.29 is 9.59 Å². The number of likely N-dealkylation sites (N-methyl/N-ethyl adjacent to an activating group) is 2. The van der Waals surface area contributed by atoms with Crippen molar-refractivity contribution in [3.63, 3.8) is 0 Å². The van der Waals surface area contributed by atoms with Crippen LogP contribution in [-0.4, -0.2) is 61.4 Å². The lowest BCUT2D eigenvalue weighted by Crippen LogP contribution is -2.55. The van der Waals surface area contributed by atoms with Crippen LogP contribution in [-0.2, 0) is 4.79 Å². The van der Waals surface area contributed by atoms with Crippen LogP contribution in [0.2, 0.25) is 0 Å². The maximum Gasteiger partial charge on any atom is 0.253 e. The number of carbonyl (C=O) groups excluding carboxylic acids is 2. The molecule has 5 nitrogen and oxygen atoms in total. The van der Waals surface area contributed by atoms with E-state index in [-0.39, 0.29) is 11.8 Å². The molecule has 0 radical (unpaired) electrons. The van der Waals surface area contributed by atoms with E-state index in [9.17, 15) is 9.59 Å². The van der Waals surface area contributed by atoms with Crippen molar-refractivity contribution in [1.29, 1.82) is 0 Å². The Morgan fingerprint density at radius 1 is 1.25 bits per heavy atom. The fraction of sp³-hybridized carbons (Fsp3) is 0.474. The van der Waals surface area contributed by atoms with Crippen molar-refractivity contribution >= 4 is 17.5 Å². The van der Waals surface area contributed by atoms with E-state index in [1.165, 1.54) is 11.0 Å². The molecule has 0 saturated carbocycles. The first-order valence-corrected chi connectivity index (χ1v) is 8.34. The predicted molar refractivity (Wildman–Crippen MR) is 97.2 cm³/mol. The van der Waals surface area contributed by atoms with Gasteiger partial charge in [-0.1, -0.05) is 20.4 Å². The van der Waals surface area contributed by atoms with Gasteiger partial charge in [-0.2, -0.15) is 0 Å². The molecule has 1 aliphatic heterocycles. The zero-order valence-corrected chi connectivity index (χ0v) is 15.0. The summed E-state index contributed by atoms with van der Waals surface area (Å²) in [4.78, 5) is 30.2. The second-order valence-corrected chi connectivity index (χ2v) is 6.69. The molecule has 1 atom stereocenters. The van der Waals surface area contributed by atoms with Gasteiger partial charge in [-0.25, -0.2) is 0 Å². The number of piperazine rings is 1. The Kier molecular flexibility index (Phi) is 5.78. The third-order valence-electron chi connectivity index (χ3n) is 4.76. The number of anilines is 1. The fourth-order valence-corrected chi connectivity index (χ4v) is 3.08. The minimum Gasteiger partial charge on any atom is -0.336 e. The minimum absolute atomic E-state index is 0.0537. The second-order valence-electron chi connectivity index (χ2n) is 6.69. The van der Waals surface area contributed by atoms with Gasteiger partial charge in [-0.15, -0.1) is 0 Å². The lowest BCUT2D eigenvalue weighted by atomic mass is 9.99. The molecule has 2 amide bonds. The molecule has 1 aliphatic rings. The lowest BCUT2D eigenvalue weighted by molar-refractivity contribution is -0.113. The number of carbonyl (C=O) groups is 2. The first-order valence-electron chi connectivity index (χ1n) is 8.34. The summed E-state index contributed by atoms with van der Waals surface area (Å²) in [6.45, 7) is 10.3. The van der Waals surface area contributed by atoms with Gasteiger partial charge in [0, 0.05) is 44.0 Å². The molecule has 1 saturated heterocycles. The third kappa shape index (κ3) is 3.85. The van der Waals surface area contributed by atoms with Crippen LogP contribution < -0.4 is 4.90 Å². The van der Waals surface area contributed by atoms with Crippen LogP contribution in [0.15, 0.2) is 36.9 Å². The van der Waals surface area contributed by atoms with E-state index in [0.717, 1.165) is 25.3 Å². The molecule has 0 bridgehead atoms. The van der Waals surface area contributed by atoms with E-state index >= 15 is 0 Å². The van der Waals surface area contributed by atoms with Gasteiger partial charge in [0.25, 0.3) is 5.91 Å². The number of rotatable bonds is 4. The van der Waals surface area contributed by atoms with Gasteiger partial charge in [-0.05, 0) is 43.3 Å². The Balaban J connectivity index is 2.10. The molecule has 1 aromatic rings. The summed E-state index contributed by atoms with van der Waals surface area (Å²) in [5.74, 6) is 0.387. The van der Waals surface area contributed by atoms with Crippen LogP contribution in [0.1, 0.15) is 24.2 Å². The Hall–Kier alpha value is -2.14. The summed E-state index contributed by atoms with van der Waals surface area (Å²) < 4.78 is 0. The highest BCUT2D eigenvalue weighted by Gasteiger charge is 2.29. The molecule has 130 valence electrons. The maximum absolute atomic E-state index is 12.8. The molecular weight excluding hydrogens is 302 g/mol. The number of hydrogen-bond acceptors (Lipinski definition) is 3. The number of amides is 2. The monoisotopic (exact) mass is 329 g/mol. The van der Waals surface area contributed by atoms with Crippen molar-refractivity contribution in [3.05, 3.63) is 42.5 Å². The zero-order chi connectivity index (χ0) is 17.9. The van der Waals surface area contributed by atoms with Crippen molar-refractivity contribution in [3.8, 4) is 0 Å². The Morgan fingerprint density at radius 2 is 1.88 bits per heavy atom. The second kappa shape index (κ2) is 7.62. The third-order valence-corrected chi connectivity index (χ3v) is 4.76. The molecule has 0 aromatic heterocycles. The summed E-state index contributed by atoms with van der Waals surface area (Å²) in [6, 6.07) is 7.55. The van der Waals surface area contributed by atoms with Gasteiger partial charge < -0.3 is 9.80 Å². The van der Waals surface area contributed by atoms with Crippen molar-refractivity contribution in [2.45, 2.75) is 19.9 Å². The number of hydrogen-bond donors (Lipinski definition) is 0. The summed E-state index contributed by atoms with van der Waals surface area (Å²) in [7, 11) is 3.81. The van der Waals surface area contributed by atoms with Crippen LogP contribution in [0.4, 0.5) is 5.69 Å². The molecular formula is C19H27N3O2. The Labute approximate surface area is 144 Å². The van der Waals surface area contributed by atoms with Crippen molar-refractivity contribution in [2.24, 2.45) is 5.92 Å². The van der Waals surface area contributed by atoms with Crippen molar-refractivity contribution in [1.82, 2.24) is 9.80 Å².